The highest BCUT2D eigenvalue weighted by Crippen LogP contribution is 2.33. The van der Waals surface area contributed by atoms with Crippen LogP contribution < -0.4 is 14.8 Å². The average molecular weight is 337 g/mol. The molecule has 0 heterocycles. The lowest BCUT2D eigenvalue weighted by Crippen LogP contribution is -2.34. The highest BCUT2D eigenvalue weighted by atomic mass is 16.5. The first-order valence-electron chi connectivity index (χ1n) is 7.94. The third kappa shape index (κ3) is 4.61. The molecule has 7 heteroatoms. The number of amides is 1. The van der Waals surface area contributed by atoms with Gasteiger partial charge in [-0.05, 0) is 43.4 Å². The minimum atomic E-state index is -0.998. The highest BCUT2D eigenvalue weighted by molar-refractivity contribution is 6.32. The molecule has 2 rings (SSSR count). The zero-order valence-corrected chi connectivity index (χ0v) is 13.9. The molecule has 2 N–H and O–H groups in total. The number of carbonyl (C=O) groups excluding carboxylic acids is 2. The fourth-order valence-electron chi connectivity index (χ4n) is 2.65. The molecule has 1 saturated carbocycles. The second-order valence-corrected chi connectivity index (χ2v) is 5.65. The third-order valence-corrected chi connectivity index (χ3v) is 4.00. The molecule has 0 saturated heterocycles. The van der Waals surface area contributed by atoms with Gasteiger partial charge in [0.2, 0.25) is 0 Å². The van der Waals surface area contributed by atoms with Crippen LogP contribution in [0.3, 0.4) is 0 Å². The maximum absolute atomic E-state index is 11.4. The first kappa shape index (κ1) is 18.1. The Bertz CT molecular complexity index is 582. The van der Waals surface area contributed by atoms with Gasteiger partial charge >= 0.3 is 11.9 Å². The van der Waals surface area contributed by atoms with Gasteiger partial charge in [-0.15, -0.1) is 0 Å². The lowest BCUT2D eigenvalue weighted by Gasteiger charge is -2.18. The van der Waals surface area contributed by atoms with Gasteiger partial charge in [0.05, 0.1) is 26.4 Å². The summed E-state index contributed by atoms with van der Waals surface area (Å²) in [7, 11) is 2.68. The van der Waals surface area contributed by atoms with Gasteiger partial charge < -0.3 is 24.6 Å². The standard InChI is InChI=1S/C17H23NO6/c1-22-14-8-7-11(9-15(14)24-12-5-3-4-6-12)13(19)10-18-16(20)17(21)23-2/h7-9,12-13,19H,3-6,10H2,1-2H3,(H,18,20). The Morgan fingerprint density at radius 3 is 2.58 bits per heavy atom. The molecule has 1 aliphatic carbocycles. The zero-order valence-electron chi connectivity index (χ0n) is 13.9. The van der Waals surface area contributed by atoms with E-state index in [0.717, 1.165) is 32.8 Å². The Balaban J connectivity index is 2.03. The molecule has 1 amide bonds. The Morgan fingerprint density at radius 1 is 1.25 bits per heavy atom. The van der Waals surface area contributed by atoms with Gasteiger partial charge in [-0.2, -0.15) is 0 Å². The summed E-state index contributed by atoms with van der Waals surface area (Å²) < 4.78 is 15.6. The van der Waals surface area contributed by atoms with Crippen LogP contribution in [0.5, 0.6) is 11.5 Å². The molecule has 0 spiro atoms. The minimum Gasteiger partial charge on any atom is -0.493 e. The topological polar surface area (TPSA) is 94.1 Å². The highest BCUT2D eigenvalue weighted by Gasteiger charge is 2.20. The molecule has 0 bridgehead atoms. The predicted octanol–water partition coefficient (Wildman–Crippen LogP) is 1.34. The molecule has 0 radical (unpaired) electrons. The largest absolute Gasteiger partial charge is 0.493 e. The molecule has 1 unspecified atom stereocenters. The maximum atomic E-state index is 11.4. The van der Waals surface area contributed by atoms with Gasteiger partial charge in [0, 0.05) is 6.54 Å². The van der Waals surface area contributed by atoms with Crippen molar-refractivity contribution in [2.24, 2.45) is 0 Å². The number of esters is 1. The van der Waals surface area contributed by atoms with Crippen molar-refractivity contribution in [1.29, 1.82) is 0 Å². The van der Waals surface area contributed by atoms with E-state index in [2.05, 4.69) is 10.1 Å². The van der Waals surface area contributed by atoms with Crippen LogP contribution in [0.4, 0.5) is 0 Å². The van der Waals surface area contributed by atoms with Crippen LogP contribution in [0, 0.1) is 0 Å². The first-order valence-corrected chi connectivity index (χ1v) is 7.94. The zero-order chi connectivity index (χ0) is 17.5. The summed E-state index contributed by atoms with van der Waals surface area (Å²) in [6.45, 7) is -0.108. The molecule has 1 aromatic rings. The molecule has 1 aliphatic rings. The molecule has 0 aromatic heterocycles. The van der Waals surface area contributed by atoms with Crippen molar-refractivity contribution in [3.63, 3.8) is 0 Å². The first-order chi connectivity index (χ1) is 11.5. The quantitative estimate of drug-likeness (QED) is 0.601. The van der Waals surface area contributed by atoms with Gasteiger partial charge in [-0.1, -0.05) is 6.07 Å². The van der Waals surface area contributed by atoms with Gasteiger partial charge in [0.15, 0.2) is 11.5 Å². The summed E-state index contributed by atoms with van der Waals surface area (Å²) in [5.74, 6) is -0.730. The summed E-state index contributed by atoms with van der Waals surface area (Å²) in [4.78, 5) is 22.4. The van der Waals surface area contributed by atoms with Crippen LogP contribution in [0.1, 0.15) is 37.4 Å². The Labute approximate surface area is 140 Å². The number of nitrogens with one attached hydrogen (secondary N) is 1. The fraction of sp³-hybridized carbons (Fsp3) is 0.529. The molecule has 0 aliphatic heterocycles. The Morgan fingerprint density at radius 2 is 1.96 bits per heavy atom. The summed E-state index contributed by atoms with van der Waals surface area (Å²) in [5, 5.41) is 12.5. The predicted molar refractivity (Wildman–Crippen MR) is 85.9 cm³/mol. The van der Waals surface area contributed by atoms with Crippen molar-refractivity contribution in [3.05, 3.63) is 23.8 Å². The van der Waals surface area contributed by atoms with E-state index in [1.165, 1.54) is 0 Å². The fourth-order valence-corrected chi connectivity index (χ4v) is 2.65. The summed E-state index contributed by atoms with van der Waals surface area (Å²) in [6, 6.07) is 5.10. The molecule has 1 atom stereocenters. The molecule has 24 heavy (non-hydrogen) atoms. The van der Waals surface area contributed by atoms with Crippen molar-refractivity contribution in [1.82, 2.24) is 5.32 Å². The minimum absolute atomic E-state index is 0.108. The number of methoxy groups -OCH3 is 2. The van der Waals surface area contributed by atoms with Crippen LogP contribution in [-0.2, 0) is 14.3 Å². The van der Waals surface area contributed by atoms with E-state index in [0.29, 0.717) is 17.1 Å². The summed E-state index contributed by atoms with van der Waals surface area (Å²) in [6.07, 6.45) is 3.49. The number of aliphatic hydroxyl groups excluding tert-OH is 1. The second-order valence-electron chi connectivity index (χ2n) is 5.65. The van der Waals surface area contributed by atoms with Gasteiger partial charge in [-0.3, -0.25) is 4.79 Å². The average Bonchev–Trinajstić information content (AvgIpc) is 3.11. The lowest BCUT2D eigenvalue weighted by molar-refractivity contribution is -0.152. The molecule has 7 nitrogen and oxygen atoms in total. The SMILES string of the molecule is COC(=O)C(=O)NCC(O)c1ccc(OC)c(OC2CCCC2)c1. The summed E-state index contributed by atoms with van der Waals surface area (Å²) >= 11 is 0. The van der Waals surface area contributed by atoms with Crippen LogP contribution in [0.2, 0.25) is 0 Å². The number of hydrogen-bond acceptors (Lipinski definition) is 6. The van der Waals surface area contributed by atoms with Crippen molar-refractivity contribution < 1.29 is 28.9 Å². The van der Waals surface area contributed by atoms with E-state index in [9.17, 15) is 14.7 Å². The van der Waals surface area contributed by atoms with Gasteiger partial charge in [0.1, 0.15) is 0 Å². The van der Waals surface area contributed by atoms with E-state index in [1.54, 1.807) is 25.3 Å². The van der Waals surface area contributed by atoms with Gasteiger partial charge in [-0.25, -0.2) is 4.79 Å². The van der Waals surface area contributed by atoms with E-state index in [1.807, 2.05) is 0 Å². The number of ether oxygens (including phenoxy) is 3. The Kier molecular flexibility index (Phi) is 6.43. The Hall–Kier alpha value is -2.28. The van der Waals surface area contributed by atoms with Crippen molar-refractivity contribution in [3.8, 4) is 11.5 Å². The van der Waals surface area contributed by atoms with E-state index in [-0.39, 0.29) is 12.6 Å². The third-order valence-electron chi connectivity index (χ3n) is 4.00. The number of rotatable bonds is 6. The summed E-state index contributed by atoms with van der Waals surface area (Å²) in [5.41, 5.74) is 0.564. The monoisotopic (exact) mass is 337 g/mol. The molecular formula is C17H23NO6. The smallest absolute Gasteiger partial charge is 0.396 e. The van der Waals surface area contributed by atoms with Crippen LogP contribution >= 0.6 is 0 Å². The molecular weight excluding hydrogens is 314 g/mol. The molecule has 1 fully saturated rings. The number of carbonyl (C=O) groups is 2. The van der Waals surface area contributed by atoms with Crippen LogP contribution in [-0.4, -0.2) is 43.9 Å². The van der Waals surface area contributed by atoms with Crippen molar-refractivity contribution in [2.45, 2.75) is 37.9 Å². The number of benzene rings is 1. The van der Waals surface area contributed by atoms with Crippen molar-refractivity contribution >= 4 is 11.9 Å². The molecule has 1 aromatic carbocycles. The van der Waals surface area contributed by atoms with Gasteiger partial charge in [0.25, 0.3) is 0 Å². The van der Waals surface area contributed by atoms with E-state index < -0.39 is 18.0 Å². The molecule has 132 valence electrons. The van der Waals surface area contributed by atoms with E-state index in [4.69, 9.17) is 9.47 Å². The maximum Gasteiger partial charge on any atom is 0.396 e. The lowest BCUT2D eigenvalue weighted by atomic mass is 10.1. The van der Waals surface area contributed by atoms with Crippen LogP contribution in [0.25, 0.3) is 0 Å². The van der Waals surface area contributed by atoms with Crippen LogP contribution in [0.15, 0.2) is 18.2 Å². The number of hydrogen-bond donors (Lipinski definition) is 2. The van der Waals surface area contributed by atoms with Crippen molar-refractivity contribution in [2.75, 3.05) is 20.8 Å². The number of aliphatic hydroxyl groups is 1. The second kappa shape index (κ2) is 8.54. The normalized spacial score (nSPS) is 15.6. The van der Waals surface area contributed by atoms with E-state index >= 15 is 0 Å².